The Kier molecular flexibility index (Phi) is 8.05. The molecule has 1 aliphatic rings. The number of carbonyl (C=O) groups is 1. The molecule has 1 fully saturated rings. The zero-order valence-electron chi connectivity index (χ0n) is 14.9. The van der Waals surface area contributed by atoms with E-state index in [1.165, 1.54) is 0 Å². The van der Waals surface area contributed by atoms with Gasteiger partial charge in [0.1, 0.15) is 5.75 Å². The summed E-state index contributed by atoms with van der Waals surface area (Å²) in [5.74, 6) is 1.25. The number of nitrogens with zero attached hydrogens (tertiary/aromatic N) is 1. The van der Waals surface area contributed by atoms with Gasteiger partial charge >= 0.3 is 0 Å². The zero-order valence-corrected chi connectivity index (χ0v) is 14.9. The molecule has 134 valence electrons. The highest BCUT2D eigenvalue weighted by Crippen LogP contribution is 2.19. The van der Waals surface area contributed by atoms with Gasteiger partial charge in [0.25, 0.3) is 0 Å². The van der Waals surface area contributed by atoms with Crippen molar-refractivity contribution in [3.8, 4) is 5.75 Å². The van der Waals surface area contributed by atoms with Crippen molar-refractivity contribution in [3.63, 3.8) is 0 Å². The van der Waals surface area contributed by atoms with E-state index in [0.717, 1.165) is 43.7 Å². The van der Waals surface area contributed by atoms with E-state index in [0.29, 0.717) is 26.3 Å². The van der Waals surface area contributed by atoms with Crippen LogP contribution in [-0.2, 0) is 16.1 Å². The Hall–Kier alpha value is -1.59. The molecule has 5 heteroatoms. The smallest absolute Gasteiger partial charge is 0.226 e. The van der Waals surface area contributed by atoms with Crippen molar-refractivity contribution < 1.29 is 14.3 Å². The zero-order chi connectivity index (χ0) is 17.2. The van der Waals surface area contributed by atoms with Crippen LogP contribution < -0.4 is 10.1 Å². The summed E-state index contributed by atoms with van der Waals surface area (Å²) in [6.45, 7) is 6.39. The summed E-state index contributed by atoms with van der Waals surface area (Å²) in [5, 5.41) is 3.37. The van der Waals surface area contributed by atoms with Gasteiger partial charge in [0.05, 0.1) is 13.2 Å². The molecule has 2 rings (SSSR count). The van der Waals surface area contributed by atoms with Gasteiger partial charge in [-0.05, 0) is 57.0 Å². The predicted octanol–water partition coefficient (Wildman–Crippen LogP) is 2.45. The van der Waals surface area contributed by atoms with E-state index in [1.807, 2.05) is 36.1 Å². The molecular weight excluding hydrogens is 304 g/mol. The van der Waals surface area contributed by atoms with Crippen molar-refractivity contribution in [1.29, 1.82) is 0 Å². The van der Waals surface area contributed by atoms with Crippen LogP contribution in [0.1, 0.15) is 31.7 Å². The molecule has 1 atom stereocenters. The largest absolute Gasteiger partial charge is 0.494 e. The molecule has 1 saturated heterocycles. The van der Waals surface area contributed by atoms with Gasteiger partial charge in [-0.3, -0.25) is 4.79 Å². The first-order valence-corrected chi connectivity index (χ1v) is 8.94. The molecule has 1 aromatic carbocycles. The molecule has 0 bridgehead atoms. The van der Waals surface area contributed by atoms with Gasteiger partial charge in [0.2, 0.25) is 5.91 Å². The number of amides is 1. The van der Waals surface area contributed by atoms with Crippen LogP contribution in [0.2, 0.25) is 0 Å². The molecule has 0 aromatic heterocycles. The first-order valence-electron chi connectivity index (χ1n) is 8.94. The lowest BCUT2D eigenvalue weighted by atomic mass is 9.98. The lowest BCUT2D eigenvalue weighted by Crippen LogP contribution is -2.38. The Bertz CT molecular complexity index is 482. The lowest BCUT2D eigenvalue weighted by Gasteiger charge is -2.27. The number of rotatable bonds is 8. The van der Waals surface area contributed by atoms with E-state index in [1.54, 1.807) is 7.11 Å². The van der Waals surface area contributed by atoms with Gasteiger partial charge in [-0.2, -0.15) is 0 Å². The van der Waals surface area contributed by atoms with Gasteiger partial charge < -0.3 is 19.7 Å². The third-order valence-electron chi connectivity index (χ3n) is 4.41. The Morgan fingerprint density at radius 1 is 1.25 bits per heavy atom. The van der Waals surface area contributed by atoms with E-state index in [4.69, 9.17) is 9.47 Å². The van der Waals surface area contributed by atoms with Gasteiger partial charge in [0, 0.05) is 26.1 Å². The van der Waals surface area contributed by atoms with Crippen molar-refractivity contribution in [2.45, 2.75) is 32.7 Å². The van der Waals surface area contributed by atoms with Crippen LogP contribution in [0, 0.1) is 5.92 Å². The van der Waals surface area contributed by atoms with E-state index in [9.17, 15) is 4.79 Å². The third kappa shape index (κ3) is 5.80. The molecule has 1 N–H and O–H groups in total. The SMILES string of the molecule is CCOc1ccc(CN(CCOC)C(=O)[C@@H]2CCCNCC2)cc1. The first kappa shape index (κ1) is 18.7. The fraction of sp³-hybridized carbons (Fsp3) is 0.632. The minimum Gasteiger partial charge on any atom is -0.494 e. The maximum absolute atomic E-state index is 12.9. The van der Waals surface area contributed by atoms with Crippen LogP contribution in [0.3, 0.4) is 0 Å². The Morgan fingerprint density at radius 2 is 2.04 bits per heavy atom. The number of hydrogen-bond donors (Lipinski definition) is 1. The van der Waals surface area contributed by atoms with Gasteiger partial charge in [-0.1, -0.05) is 12.1 Å². The van der Waals surface area contributed by atoms with Crippen molar-refractivity contribution >= 4 is 5.91 Å². The van der Waals surface area contributed by atoms with Crippen LogP contribution in [0.25, 0.3) is 0 Å². The van der Waals surface area contributed by atoms with Crippen LogP contribution >= 0.6 is 0 Å². The second kappa shape index (κ2) is 10.3. The number of carbonyl (C=O) groups excluding carboxylic acids is 1. The third-order valence-corrected chi connectivity index (χ3v) is 4.41. The molecule has 0 aliphatic carbocycles. The summed E-state index contributed by atoms with van der Waals surface area (Å²) >= 11 is 0. The van der Waals surface area contributed by atoms with E-state index in [2.05, 4.69) is 5.32 Å². The molecular formula is C19H30N2O3. The van der Waals surface area contributed by atoms with Crippen LogP contribution in [0.15, 0.2) is 24.3 Å². The normalized spacial score (nSPS) is 18.0. The van der Waals surface area contributed by atoms with E-state index >= 15 is 0 Å². The minimum absolute atomic E-state index is 0.125. The van der Waals surface area contributed by atoms with Gasteiger partial charge in [-0.25, -0.2) is 0 Å². The Morgan fingerprint density at radius 3 is 2.75 bits per heavy atom. The molecule has 0 unspecified atom stereocenters. The molecule has 1 aliphatic heterocycles. The summed E-state index contributed by atoms with van der Waals surface area (Å²) in [4.78, 5) is 14.9. The van der Waals surface area contributed by atoms with Gasteiger partial charge in [-0.15, -0.1) is 0 Å². The maximum Gasteiger partial charge on any atom is 0.226 e. The second-order valence-electron chi connectivity index (χ2n) is 6.21. The number of benzene rings is 1. The summed E-state index contributed by atoms with van der Waals surface area (Å²) in [5.41, 5.74) is 1.12. The summed E-state index contributed by atoms with van der Waals surface area (Å²) in [6, 6.07) is 8.00. The highest BCUT2D eigenvalue weighted by atomic mass is 16.5. The lowest BCUT2D eigenvalue weighted by molar-refractivity contribution is -0.137. The van der Waals surface area contributed by atoms with Crippen LogP contribution in [-0.4, -0.2) is 50.8 Å². The number of nitrogens with one attached hydrogen (secondary N) is 1. The van der Waals surface area contributed by atoms with Gasteiger partial charge in [0.15, 0.2) is 0 Å². The number of hydrogen-bond acceptors (Lipinski definition) is 4. The fourth-order valence-corrected chi connectivity index (χ4v) is 3.07. The second-order valence-corrected chi connectivity index (χ2v) is 6.21. The van der Waals surface area contributed by atoms with Crippen molar-refractivity contribution in [3.05, 3.63) is 29.8 Å². The standard InChI is InChI=1S/C19H30N2O3/c1-3-24-18-8-6-16(7-9-18)15-21(13-14-23-2)19(22)17-5-4-11-20-12-10-17/h6-9,17,20H,3-5,10-15H2,1-2H3/t17-/m1/s1. The molecule has 1 aromatic rings. The van der Waals surface area contributed by atoms with E-state index < -0.39 is 0 Å². The monoisotopic (exact) mass is 334 g/mol. The molecule has 1 amide bonds. The van der Waals surface area contributed by atoms with E-state index in [-0.39, 0.29) is 11.8 Å². The van der Waals surface area contributed by atoms with Crippen molar-refractivity contribution in [2.24, 2.45) is 5.92 Å². The quantitative estimate of drug-likeness (QED) is 0.793. The number of ether oxygens (including phenoxy) is 2. The Balaban J connectivity index is 2.01. The molecule has 0 radical (unpaired) electrons. The average Bonchev–Trinajstić information content (AvgIpc) is 2.89. The Labute approximate surface area is 145 Å². The summed E-state index contributed by atoms with van der Waals surface area (Å²) < 4.78 is 10.7. The van der Waals surface area contributed by atoms with Crippen LogP contribution in [0.5, 0.6) is 5.75 Å². The van der Waals surface area contributed by atoms with Crippen LogP contribution in [0.4, 0.5) is 0 Å². The average molecular weight is 334 g/mol. The highest BCUT2D eigenvalue weighted by Gasteiger charge is 2.25. The summed E-state index contributed by atoms with van der Waals surface area (Å²) in [7, 11) is 1.68. The van der Waals surface area contributed by atoms with Crippen molar-refractivity contribution in [2.75, 3.05) is 40.0 Å². The highest BCUT2D eigenvalue weighted by molar-refractivity contribution is 5.79. The molecule has 1 heterocycles. The molecule has 24 heavy (non-hydrogen) atoms. The fourth-order valence-electron chi connectivity index (χ4n) is 3.07. The summed E-state index contributed by atoms with van der Waals surface area (Å²) in [6.07, 6.45) is 2.96. The predicted molar refractivity (Wildman–Crippen MR) is 95.1 cm³/mol. The minimum atomic E-state index is 0.125. The van der Waals surface area contributed by atoms with Crippen molar-refractivity contribution in [1.82, 2.24) is 10.2 Å². The maximum atomic E-state index is 12.9. The topological polar surface area (TPSA) is 50.8 Å². The number of methoxy groups -OCH3 is 1. The molecule has 0 spiro atoms. The molecule has 5 nitrogen and oxygen atoms in total. The first-order chi connectivity index (χ1) is 11.7. The molecule has 0 saturated carbocycles.